The Morgan fingerprint density at radius 1 is 1.35 bits per heavy atom. The van der Waals surface area contributed by atoms with Crippen molar-refractivity contribution in [1.29, 1.82) is 0 Å². The van der Waals surface area contributed by atoms with Gasteiger partial charge >= 0.3 is 0 Å². The van der Waals surface area contributed by atoms with E-state index in [0.29, 0.717) is 11.3 Å². The van der Waals surface area contributed by atoms with Gasteiger partial charge in [0, 0.05) is 18.3 Å². The molecule has 1 aromatic carbocycles. The van der Waals surface area contributed by atoms with E-state index in [9.17, 15) is 9.59 Å². The summed E-state index contributed by atoms with van der Waals surface area (Å²) < 4.78 is 0. The van der Waals surface area contributed by atoms with Crippen LogP contribution in [0.25, 0.3) is 0 Å². The Morgan fingerprint density at radius 2 is 2.00 bits per heavy atom. The number of carbonyl (C=O) groups excluding carboxylic acids is 2. The average Bonchev–Trinajstić information content (AvgIpc) is 2.30. The van der Waals surface area contributed by atoms with Gasteiger partial charge in [-0.15, -0.1) is 0 Å². The quantitative estimate of drug-likeness (QED) is 0.718. The maximum atomic E-state index is 11.6. The molecule has 1 aromatic rings. The minimum Gasteiger partial charge on any atom is -0.355 e. The van der Waals surface area contributed by atoms with Gasteiger partial charge in [0.05, 0.1) is 6.04 Å². The summed E-state index contributed by atoms with van der Waals surface area (Å²) in [6, 6.07) is 4.57. The van der Waals surface area contributed by atoms with Crippen molar-refractivity contribution in [2.24, 2.45) is 5.73 Å². The molecule has 0 bridgehead atoms. The minimum absolute atomic E-state index is 0.181. The highest BCUT2D eigenvalue weighted by molar-refractivity contribution is 6.00. The number of carbonyl (C=O) groups is 2. The molecule has 4 N–H and O–H groups in total. The number of anilines is 1. The number of amides is 2. The van der Waals surface area contributed by atoms with E-state index in [2.05, 4.69) is 10.6 Å². The largest absolute Gasteiger partial charge is 0.355 e. The first-order chi connectivity index (χ1) is 7.97. The molecule has 0 heterocycles. The number of nitrogens with one attached hydrogen (secondary N) is 2. The van der Waals surface area contributed by atoms with Gasteiger partial charge in [0.25, 0.3) is 5.91 Å². The number of rotatable bonds is 3. The molecule has 0 aliphatic carbocycles. The zero-order valence-electron chi connectivity index (χ0n) is 10.2. The molecule has 1 atom stereocenters. The Kier molecular flexibility index (Phi) is 4.23. The van der Waals surface area contributed by atoms with Crippen LogP contribution in [0.3, 0.4) is 0 Å². The Balaban J connectivity index is 3.02. The maximum absolute atomic E-state index is 11.6. The van der Waals surface area contributed by atoms with Crippen molar-refractivity contribution in [3.63, 3.8) is 0 Å². The van der Waals surface area contributed by atoms with E-state index < -0.39 is 6.04 Å². The predicted octanol–water partition coefficient (Wildman–Crippen LogP) is 0.640. The first kappa shape index (κ1) is 13.2. The van der Waals surface area contributed by atoms with Crippen molar-refractivity contribution < 1.29 is 9.59 Å². The van der Waals surface area contributed by atoms with Crippen LogP contribution in [0.5, 0.6) is 0 Å². The number of nitrogens with two attached hydrogens (primary N) is 1. The van der Waals surface area contributed by atoms with Crippen LogP contribution in [0.2, 0.25) is 0 Å². The summed E-state index contributed by atoms with van der Waals surface area (Å²) in [5, 5.41) is 5.23. The molecule has 0 saturated heterocycles. The van der Waals surface area contributed by atoms with E-state index in [4.69, 9.17) is 5.73 Å². The van der Waals surface area contributed by atoms with Gasteiger partial charge in [0.1, 0.15) is 0 Å². The molecule has 0 fully saturated rings. The van der Waals surface area contributed by atoms with Gasteiger partial charge in [-0.25, -0.2) is 0 Å². The van der Waals surface area contributed by atoms with Crippen LogP contribution in [0.15, 0.2) is 18.2 Å². The van der Waals surface area contributed by atoms with Gasteiger partial charge in [-0.1, -0.05) is 6.07 Å². The Hall–Kier alpha value is -1.88. The van der Waals surface area contributed by atoms with Crippen LogP contribution >= 0.6 is 0 Å². The number of hydrogen-bond donors (Lipinski definition) is 3. The normalized spacial score (nSPS) is 11.8. The molecular formula is C12H17N3O2. The monoisotopic (exact) mass is 235 g/mol. The molecule has 17 heavy (non-hydrogen) atoms. The fourth-order valence-corrected chi connectivity index (χ4v) is 1.40. The second-order valence-corrected chi connectivity index (χ2v) is 3.84. The summed E-state index contributed by atoms with van der Waals surface area (Å²) in [6.45, 7) is 3.38. The first-order valence-corrected chi connectivity index (χ1v) is 5.35. The lowest BCUT2D eigenvalue weighted by atomic mass is 10.1. The molecule has 0 unspecified atom stereocenters. The molecule has 5 nitrogen and oxygen atoms in total. The Bertz CT molecular complexity index is 441. The molecular weight excluding hydrogens is 218 g/mol. The highest BCUT2D eigenvalue weighted by atomic mass is 16.2. The third-order valence-electron chi connectivity index (χ3n) is 2.48. The second-order valence-electron chi connectivity index (χ2n) is 3.84. The van der Waals surface area contributed by atoms with E-state index in [1.54, 1.807) is 39.1 Å². The summed E-state index contributed by atoms with van der Waals surface area (Å²) in [5.41, 5.74) is 7.33. The molecule has 0 spiro atoms. The van der Waals surface area contributed by atoms with E-state index in [1.807, 2.05) is 0 Å². The predicted molar refractivity (Wildman–Crippen MR) is 66.8 cm³/mol. The summed E-state index contributed by atoms with van der Waals surface area (Å²) in [7, 11) is 1.56. The number of hydrogen-bond acceptors (Lipinski definition) is 3. The standard InChI is InChI=1S/C12H17N3O2/c1-7-9(12(17)14-3)5-4-6-10(7)15-11(16)8(2)13/h4-6,8H,13H2,1-3H3,(H,14,17)(H,15,16)/t8-/m1/s1. The van der Waals surface area contributed by atoms with Crippen molar-refractivity contribution >= 4 is 17.5 Å². The van der Waals surface area contributed by atoms with Crippen LogP contribution in [-0.4, -0.2) is 24.9 Å². The van der Waals surface area contributed by atoms with Gasteiger partial charge in [-0.3, -0.25) is 9.59 Å². The van der Waals surface area contributed by atoms with Crippen molar-refractivity contribution in [1.82, 2.24) is 5.32 Å². The van der Waals surface area contributed by atoms with Gasteiger partial charge in [0.2, 0.25) is 5.91 Å². The molecule has 0 radical (unpaired) electrons. The van der Waals surface area contributed by atoms with Gasteiger partial charge in [-0.05, 0) is 31.5 Å². The molecule has 92 valence electrons. The van der Waals surface area contributed by atoms with Crippen molar-refractivity contribution in [2.75, 3.05) is 12.4 Å². The third kappa shape index (κ3) is 3.04. The highest BCUT2D eigenvalue weighted by Crippen LogP contribution is 2.18. The van der Waals surface area contributed by atoms with Crippen LogP contribution in [0, 0.1) is 6.92 Å². The van der Waals surface area contributed by atoms with E-state index >= 15 is 0 Å². The fraction of sp³-hybridized carbons (Fsp3) is 0.333. The first-order valence-electron chi connectivity index (χ1n) is 5.35. The van der Waals surface area contributed by atoms with Crippen LogP contribution < -0.4 is 16.4 Å². The molecule has 0 aliphatic rings. The molecule has 1 rings (SSSR count). The molecule has 0 aromatic heterocycles. The zero-order chi connectivity index (χ0) is 13.0. The highest BCUT2D eigenvalue weighted by Gasteiger charge is 2.13. The molecule has 5 heteroatoms. The molecule has 0 aliphatic heterocycles. The minimum atomic E-state index is -0.585. The van der Waals surface area contributed by atoms with Crippen molar-refractivity contribution in [2.45, 2.75) is 19.9 Å². The van der Waals surface area contributed by atoms with Gasteiger partial charge in [0.15, 0.2) is 0 Å². The topological polar surface area (TPSA) is 84.2 Å². The van der Waals surface area contributed by atoms with Gasteiger partial charge < -0.3 is 16.4 Å². The van der Waals surface area contributed by atoms with Crippen molar-refractivity contribution in [3.8, 4) is 0 Å². The number of benzene rings is 1. The molecule has 0 saturated carbocycles. The summed E-state index contributed by atoms with van der Waals surface area (Å²) in [5.74, 6) is -0.457. The summed E-state index contributed by atoms with van der Waals surface area (Å²) in [4.78, 5) is 23.0. The Labute approximate surface area is 100 Å². The van der Waals surface area contributed by atoms with Crippen LogP contribution in [0.4, 0.5) is 5.69 Å². The zero-order valence-corrected chi connectivity index (χ0v) is 10.2. The fourth-order valence-electron chi connectivity index (χ4n) is 1.40. The Morgan fingerprint density at radius 3 is 2.53 bits per heavy atom. The lowest BCUT2D eigenvalue weighted by Crippen LogP contribution is -2.32. The van der Waals surface area contributed by atoms with Crippen molar-refractivity contribution in [3.05, 3.63) is 29.3 Å². The SMILES string of the molecule is CNC(=O)c1cccc(NC(=O)[C@@H](C)N)c1C. The summed E-state index contributed by atoms with van der Waals surface area (Å²) in [6.07, 6.45) is 0. The average molecular weight is 235 g/mol. The van der Waals surface area contributed by atoms with E-state index in [0.717, 1.165) is 5.56 Å². The van der Waals surface area contributed by atoms with Gasteiger partial charge in [-0.2, -0.15) is 0 Å². The maximum Gasteiger partial charge on any atom is 0.251 e. The summed E-state index contributed by atoms with van der Waals surface area (Å²) >= 11 is 0. The smallest absolute Gasteiger partial charge is 0.251 e. The van der Waals surface area contributed by atoms with Crippen LogP contribution in [0.1, 0.15) is 22.8 Å². The lowest BCUT2D eigenvalue weighted by molar-refractivity contribution is -0.117. The van der Waals surface area contributed by atoms with E-state index in [-0.39, 0.29) is 11.8 Å². The second kappa shape index (κ2) is 5.45. The van der Waals surface area contributed by atoms with E-state index in [1.165, 1.54) is 0 Å². The van der Waals surface area contributed by atoms with Crippen LogP contribution in [-0.2, 0) is 4.79 Å². The molecule has 2 amide bonds. The third-order valence-corrected chi connectivity index (χ3v) is 2.48. The lowest BCUT2D eigenvalue weighted by Gasteiger charge is -2.12.